The lowest BCUT2D eigenvalue weighted by atomic mass is 9.98. The highest BCUT2D eigenvalue weighted by molar-refractivity contribution is 5.30. The molecule has 0 atom stereocenters. The Morgan fingerprint density at radius 3 is 2.43 bits per heavy atom. The fourth-order valence-corrected chi connectivity index (χ4v) is 1.72. The van der Waals surface area contributed by atoms with Gasteiger partial charge >= 0.3 is 6.01 Å². The molecule has 2 N–H and O–H groups in total. The zero-order valence-corrected chi connectivity index (χ0v) is 8.15. The Morgan fingerprint density at radius 1 is 1.14 bits per heavy atom. The van der Waals surface area contributed by atoms with E-state index in [0.717, 1.165) is 12.8 Å². The molecule has 76 valence electrons. The molecule has 1 saturated carbocycles. The summed E-state index contributed by atoms with van der Waals surface area (Å²) in [6.07, 6.45) is 9.51. The second-order valence-electron chi connectivity index (χ2n) is 3.68. The van der Waals surface area contributed by atoms with Crippen LogP contribution in [0.25, 0.3) is 0 Å². The SMILES string of the molecule is Nc1cnc(OC2CCCCC2)nc1. The number of rotatable bonds is 2. The summed E-state index contributed by atoms with van der Waals surface area (Å²) in [6.45, 7) is 0. The van der Waals surface area contributed by atoms with Gasteiger partial charge < -0.3 is 10.5 Å². The van der Waals surface area contributed by atoms with Crippen molar-refractivity contribution in [2.45, 2.75) is 38.2 Å². The van der Waals surface area contributed by atoms with E-state index < -0.39 is 0 Å². The summed E-state index contributed by atoms with van der Waals surface area (Å²) in [4.78, 5) is 8.03. The molecule has 0 unspecified atom stereocenters. The van der Waals surface area contributed by atoms with Crippen LogP contribution < -0.4 is 10.5 Å². The zero-order valence-electron chi connectivity index (χ0n) is 8.15. The van der Waals surface area contributed by atoms with Crippen LogP contribution in [-0.2, 0) is 0 Å². The predicted molar refractivity (Wildman–Crippen MR) is 53.9 cm³/mol. The Labute approximate surface area is 83.5 Å². The lowest BCUT2D eigenvalue weighted by molar-refractivity contribution is 0.142. The largest absolute Gasteiger partial charge is 0.460 e. The highest BCUT2D eigenvalue weighted by Gasteiger charge is 2.15. The molecule has 4 nitrogen and oxygen atoms in total. The first-order valence-corrected chi connectivity index (χ1v) is 5.09. The molecular weight excluding hydrogens is 178 g/mol. The highest BCUT2D eigenvalue weighted by atomic mass is 16.5. The van der Waals surface area contributed by atoms with Crippen molar-refractivity contribution in [1.82, 2.24) is 9.97 Å². The van der Waals surface area contributed by atoms with Crippen molar-refractivity contribution in [3.8, 4) is 6.01 Å². The van der Waals surface area contributed by atoms with E-state index in [2.05, 4.69) is 9.97 Å². The van der Waals surface area contributed by atoms with Gasteiger partial charge in [-0.3, -0.25) is 0 Å². The average molecular weight is 193 g/mol. The van der Waals surface area contributed by atoms with Gasteiger partial charge in [-0.1, -0.05) is 6.42 Å². The number of ether oxygens (including phenoxy) is 1. The fraction of sp³-hybridized carbons (Fsp3) is 0.600. The van der Waals surface area contributed by atoms with E-state index in [-0.39, 0.29) is 0 Å². The maximum atomic E-state index is 5.63. The Balaban J connectivity index is 1.92. The molecule has 0 amide bonds. The van der Waals surface area contributed by atoms with Crippen molar-refractivity contribution in [2.24, 2.45) is 0 Å². The van der Waals surface area contributed by atoms with Gasteiger partial charge in [0.2, 0.25) is 0 Å². The van der Waals surface area contributed by atoms with Gasteiger partial charge in [0.1, 0.15) is 6.10 Å². The summed E-state index contributed by atoms with van der Waals surface area (Å²) in [6, 6.07) is 0.450. The molecule has 0 radical (unpaired) electrons. The van der Waals surface area contributed by atoms with E-state index >= 15 is 0 Å². The van der Waals surface area contributed by atoms with Crippen LogP contribution in [-0.4, -0.2) is 16.1 Å². The minimum atomic E-state index is 0.298. The molecule has 0 spiro atoms. The Kier molecular flexibility index (Phi) is 2.81. The summed E-state index contributed by atoms with van der Waals surface area (Å²) in [5, 5.41) is 0. The van der Waals surface area contributed by atoms with Crippen LogP contribution in [0, 0.1) is 0 Å². The molecule has 14 heavy (non-hydrogen) atoms. The van der Waals surface area contributed by atoms with Gasteiger partial charge in [0, 0.05) is 0 Å². The predicted octanol–water partition coefficient (Wildman–Crippen LogP) is 1.77. The van der Waals surface area contributed by atoms with Crippen LogP contribution in [0.15, 0.2) is 12.4 Å². The molecule has 1 aliphatic carbocycles. The van der Waals surface area contributed by atoms with Crippen molar-refractivity contribution in [3.63, 3.8) is 0 Å². The van der Waals surface area contributed by atoms with Gasteiger partial charge in [-0.15, -0.1) is 0 Å². The normalized spacial score (nSPS) is 18.0. The van der Waals surface area contributed by atoms with Gasteiger partial charge in [0.05, 0.1) is 18.1 Å². The number of nitrogens with zero attached hydrogens (tertiary/aromatic N) is 2. The molecule has 0 saturated heterocycles. The molecule has 4 heteroatoms. The molecule has 2 rings (SSSR count). The van der Waals surface area contributed by atoms with Crippen molar-refractivity contribution in [3.05, 3.63) is 12.4 Å². The Hall–Kier alpha value is -1.32. The van der Waals surface area contributed by atoms with Crippen molar-refractivity contribution in [2.75, 3.05) is 5.73 Å². The Morgan fingerprint density at radius 2 is 1.79 bits per heavy atom. The first kappa shape index (κ1) is 9.24. The minimum Gasteiger partial charge on any atom is -0.460 e. The topological polar surface area (TPSA) is 61.0 Å². The van der Waals surface area contributed by atoms with Crippen LogP contribution in [0.5, 0.6) is 6.01 Å². The summed E-state index contributed by atoms with van der Waals surface area (Å²) in [5.74, 6) is 0. The number of nitrogen functional groups attached to an aromatic ring is 1. The molecule has 1 fully saturated rings. The Bertz CT molecular complexity index is 280. The second kappa shape index (κ2) is 4.26. The van der Waals surface area contributed by atoms with Crippen LogP contribution in [0.1, 0.15) is 32.1 Å². The maximum Gasteiger partial charge on any atom is 0.316 e. The molecule has 0 aliphatic heterocycles. The summed E-state index contributed by atoms with van der Waals surface area (Å²) >= 11 is 0. The van der Waals surface area contributed by atoms with E-state index in [9.17, 15) is 0 Å². The molecule has 0 aromatic carbocycles. The van der Waals surface area contributed by atoms with Crippen LogP contribution in [0.4, 0.5) is 5.69 Å². The summed E-state index contributed by atoms with van der Waals surface area (Å²) < 4.78 is 5.63. The number of nitrogens with two attached hydrogens (primary N) is 1. The van der Waals surface area contributed by atoms with Gasteiger partial charge in [-0.05, 0) is 25.7 Å². The molecule has 1 aliphatic rings. The molecule has 1 aromatic heterocycles. The monoisotopic (exact) mass is 193 g/mol. The van der Waals surface area contributed by atoms with Gasteiger partial charge in [0.15, 0.2) is 0 Å². The third-order valence-corrected chi connectivity index (χ3v) is 2.47. The standard InChI is InChI=1S/C10H15N3O/c11-8-6-12-10(13-7-8)14-9-4-2-1-3-5-9/h6-7,9H,1-5,11H2. The third-order valence-electron chi connectivity index (χ3n) is 2.47. The second-order valence-corrected chi connectivity index (χ2v) is 3.68. The van der Waals surface area contributed by atoms with E-state index in [1.807, 2.05) is 0 Å². The number of aromatic nitrogens is 2. The first-order valence-electron chi connectivity index (χ1n) is 5.09. The molecule has 1 aromatic rings. The van der Waals surface area contributed by atoms with E-state index in [1.54, 1.807) is 12.4 Å². The molecular formula is C10H15N3O. The molecule has 1 heterocycles. The van der Waals surface area contributed by atoms with E-state index in [4.69, 9.17) is 10.5 Å². The minimum absolute atomic E-state index is 0.298. The summed E-state index contributed by atoms with van der Waals surface area (Å²) in [5.41, 5.74) is 6.05. The quantitative estimate of drug-likeness (QED) is 0.777. The van der Waals surface area contributed by atoms with Gasteiger partial charge in [-0.25, -0.2) is 9.97 Å². The average Bonchev–Trinajstić information content (AvgIpc) is 2.23. The van der Waals surface area contributed by atoms with Gasteiger partial charge in [0.25, 0.3) is 0 Å². The van der Waals surface area contributed by atoms with Crippen LogP contribution in [0.3, 0.4) is 0 Å². The lowest BCUT2D eigenvalue weighted by Crippen LogP contribution is -2.20. The van der Waals surface area contributed by atoms with Crippen LogP contribution >= 0.6 is 0 Å². The van der Waals surface area contributed by atoms with Crippen molar-refractivity contribution in [1.29, 1.82) is 0 Å². The fourth-order valence-electron chi connectivity index (χ4n) is 1.72. The maximum absolute atomic E-state index is 5.63. The smallest absolute Gasteiger partial charge is 0.316 e. The van der Waals surface area contributed by atoms with E-state index in [0.29, 0.717) is 17.8 Å². The zero-order chi connectivity index (χ0) is 9.80. The van der Waals surface area contributed by atoms with E-state index in [1.165, 1.54) is 19.3 Å². The number of anilines is 1. The summed E-state index contributed by atoms with van der Waals surface area (Å²) in [7, 11) is 0. The van der Waals surface area contributed by atoms with Crippen LogP contribution in [0.2, 0.25) is 0 Å². The third kappa shape index (κ3) is 2.34. The van der Waals surface area contributed by atoms with Crippen molar-refractivity contribution < 1.29 is 4.74 Å². The number of hydrogen-bond acceptors (Lipinski definition) is 4. The first-order chi connectivity index (χ1) is 6.84. The number of hydrogen-bond donors (Lipinski definition) is 1. The van der Waals surface area contributed by atoms with Gasteiger partial charge in [-0.2, -0.15) is 0 Å². The highest BCUT2D eigenvalue weighted by Crippen LogP contribution is 2.21. The van der Waals surface area contributed by atoms with Crippen molar-refractivity contribution >= 4 is 5.69 Å². The lowest BCUT2D eigenvalue weighted by Gasteiger charge is -2.21. The molecule has 0 bridgehead atoms.